The molecule has 0 spiro atoms. The van der Waals surface area contributed by atoms with E-state index in [0.717, 1.165) is 30.7 Å². The van der Waals surface area contributed by atoms with Crippen LogP contribution in [-0.2, 0) is 13.1 Å². The number of rotatable bonds is 5. The standard InChI is InChI=1S/C18H21N3/c1-3-11-21-12-5-6-15(21)13-20-17-9-8-14(2)18-16(17)7-4-10-19-18/h4-10,12,20H,3,11,13H2,1-2H3. The van der Waals surface area contributed by atoms with Crippen molar-refractivity contribution < 1.29 is 0 Å². The second-order valence-corrected chi connectivity index (χ2v) is 5.38. The van der Waals surface area contributed by atoms with Gasteiger partial charge in [0.25, 0.3) is 0 Å². The van der Waals surface area contributed by atoms with Crippen molar-refractivity contribution in [1.82, 2.24) is 9.55 Å². The fourth-order valence-corrected chi connectivity index (χ4v) is 2.72. The third-order valence-electron chi connectivity index (χ3n) is 3.82. The normalized spacial score (nSPS) is 11.0. The van der Waals surface area contributed by atoms with Crippen LogP contribution in [0.15, 0.2) is 48.8 Å². The number of aryl methyl sites for hydroxylation is 2. The SMILES string of the molecule is CCCn1cccc1CNc1ccc(C)c2ncccc12. The average Bonchev–Trinajstić information content (AvgIpc) is 2.95. The number of aromatic nitrogens is 2. The molecule has 0 fully saturated rings. The first-order valence-corrected chi connectivity index (χ1v) is 7.52. The Balaban J connectivity index is 1.85. The van der Waals surface area contributed by atoms with Gasteiger partial charge in [-0.3, -0.25) is 4.98 Å². The molecule has 2 aromatic heterocycles. The fourth-order valence-electron chi connectivity index (χ4n) is 2.72. The largest absolute Gasteiger partial charge is 0.379 e. The lowest BCUT2D eigenvalue weighted by Gasteiger charge is -2.13. The molecule has 0 radical (unpaired) electrons. The molecule has 1 N–H and O–H groups in total. The van der Waals surface area contributed by atoms with Gasteiger partial charge in [0.2, 0.25) is 0 Å². The minimum Gasteiger partial charge on any atom is -0.379 e. The smallest absolute Gasteiger partial charge is 0.0751 e. The van der Waals surface area contributed by atoms with Crippen LogP contribution >= 0.6 is 0 Å². The second-order valence-electron chi connectivity index (χ2n) is 5.38. The molecule has 0 saturated carbocycles. The van der Waals surface area contributed by atoms with Gasteiger partial charge in [0.1, 0.15) is 0 Å². The van der Waals surface area contributed by atoms with E-state index in [-0.39, 0.29) is 0 Å². The minimum absolute atomic E-state index is 0.833. The summed E-state index contributed by atoms with van der Waals surface area (Å²) in [6.45, 7) is 6.21. The summed E-state index contributed by atoms with van der Waals surface area (Å²) in [5.74, 6) is 0. The number of fused-ring (bicyclic) bond motifs is 1. The molecule has 1 aromatic carbocycles. The van der Waals surface area contributed by atoms with Crippen LogP contribution in [0.5, 0.6) is 0 Å². The zero-order valence-electron chi connectivity index (χ0n) is 12.6. The highest BCUT2D eigenvalue weighted by molar-refractivity contribution is 5.93. The molecule has 3 nitrogen and oxygen atoms in total. The zero-order chi connectivity index (χ0) is 14.7. The molecule has 3 rings (SSSR count). The average molecular weight is 279 g/mol. The first-order chi connectivity index (χ1) is 10.3. The lowest BCUT2D eigenvalue weighted by Crippen LogP contribution is -2.07. The van der Waals surface area contributed by atoms with E-state index in [4.69, 9.17) is 0 Å². The van der Waals surface area contributed by atoms with Crippen molar-refractivity contribution in [3.8, 4) is 0 Å². The number of anilines is 1. The van der Waals surface area contributed by atoms with Crippen LogP contribution in [0.25, 0.3) is 10.9 Å². The van der Waals surface area contributed by atoms with Crippen molar-refractivity contribution in [2.75, 3.05) is 5.32 Å². The Bertz CT molecular complexity index is 743. The van der Waals surface area contributed by atoms with Gasteiger partial charge < -0.3 is 9.88 Å². The van der Waals surface area contributed by atoms with E-state index in [9.17, 15) is 0 Å². The van der Waals surface area contributed by atoms with E-state index in [0.29, 0.717) is 0 Å². The first kappa shape index (κ1) is 13.7. The first-order valence-electron chi connectivity index (χ1n) is 7.52. The van der Waals surface area contributed by atoms with Crippen LogP contribution in [0.1, 0.15) is 24.6 Å². The summed E-state index contributed by atoms with van der Waals surface area (Å²) in [5, 5.41) is 4.74. The van der Waals surface area contributed by atoms with Gasteiger partial charge in [-0.2, -0.15) is 0 Å². The van der Waals surface area contributed by atoms with Crippen molar-refractivity contribution in [3.05, 3.63) is 60.0 Å². The van der Waals surface area contributed by atoms with Crippen LogP contribution in [0.3, 0.4) is 0 Å². The molecule has 0 atom stereocenters. The van der Waals surface area contributed by atoms with E-state index >= 15 is 0 Å². The number of hydrogen-bond donors (Lipinski definition) is 1. The zero-order valence-corrected chi connectivity index (χ0v) is 12.6. The Hall–Kier alpha value is -2.29. The van der Waals surface area contributed by atoms with Crippen molar-refractivity contribution in [2.45, 2.75) is 33.4 Å². The third-order valence-corrected chi connectivity index (χ3v) is 3.82. The third kappa shape index (κ3) is 2.77. The van der Waals surface area contributed by atoms with Gasteiger partial charge in [0.15, 0.2) is 0 Å². The molecule has 3 aromatic rings. The predicted molar refractivity (Wildman–Crippen MR) is 88.5 cm³/mol. The second kappa shape index (κ2) is 6.00. The summed E-state index contributed by atoms with van der Waals surface area (Å²) in [4.78, 5) is 4.49. The van der Waals surface area contributed by atoms with Crippen LogP contribution in [0, 0.1) is 6.92 Å². The number of hydrogen-bond acceptors (Lipinski definition) is 2. The van der Waals surface area contributed by atoms with Gasteiger partial charge in [0, 0.05) is 35.7 Å². The maximum Gasteiger partial charge on any atom is 0.0751 e. The Labute approximate surface area is 125 Å². The predicted octanol–water partition coefficient (Wildman–Crippen LogP) is 4.37. The summed E-state index contributed by atoms with van der Waals surface area (Å²) in [6, 6.07) is 12.7. The van der Waals surface area contributed by atoms with Gasteiger partial charge in [-0.05, 0) is 49.2 Å². The van der Waals surface area contributed by atoms with Gasteiger partial charge in [0.05, 0.1) is 12.1 Å². The molecule has 0 aliphatic heterocycles. The van der Waals surface area contributed by atoms with Crippen molar-refractivity contribution in [2.24, 2.45) is 0 Å². The summed E-state index contributed by atoms with van der Waals surface area (Å²) in [7, 11) is 0. The monoisotopic (exact) mass is 279 g/mol. The van der Waals surface area contributed by atoms with Crippen molar-refractivity contribution >= 4 is 16.6 Å². The van der Waals surface area contributed by atoms with Crippen LogP contribution in [0.2, 0.25) is 0 Å². The number of nitrogens with zero attached hydrogens (tertiary/aromatic N) is 2. The Morgan fingerprint density at radius 3 is 2.90 bits per heavy atom. The quantitative estimate of drug-likeness (QED) is 0.751. The molecular weight excluding hydrogens is 258 g/mol. The number of pyridine rings is 1. The molecule has 108 valence electrons. The maximum absolute atomic E-state index is 4.49. The Kier molecular flexibility index (Phi) is 3.91. The maximum atomic E-state index is 4.49. The van der Waals surface area contributed by atoms with E-state index < -0.39 is 0 Å². The summed E-state index contributed by atoms with van der Waals surface area (Å²) in [6.07, 6.45) is 5.15. The van der Waals surface area contributed by atoms with Crippen LogP contribution in [-0.4, -0.2) is 9.55 Å². The molecule has 2 heterocycles. The number of nitrogens with one attached hydrogen (secondary N) is 1. The highest BCUT2D eigenvalue weighted by Crippen LogP contribution is 2.25. The fraction of sp³-hybridized carbons (Fsp3) is 0.278. The lowest BCUT2D eigenvalue weighted by molar-refractivity contribution is 0.654. The molecular formula is C18H21N3. The highest BCUT2D eigenvalue weighted by Gasteiger charge is 2.05. The minimum atomic E-state index is 0.833. The molecule has 0 bridgehead atoms. The van der Waals surface area contributed by atoms with Crippen LogP contribution < -0.4 is 5.32 Å². The molecule has 0 unspecified atom stereocenters. The summed E-state index contributed by atoms with van der Waals surface area (Å²) < 4.78 is 2.31. The van der Waals surface area contributed by atoms with Gasteiger partial charge in [-0.1, -0.05) is 13.0 Å². The molecule has 0 amide bonds. The van der Waals surface area contributed by atoms with E-state index in [1.54, 1.807) is 0 Å². The Morgan fingerprint density at radius 1 is 1.14 bits per heavy atom. The topological polar surface area (TPSA) is 29.9 Å². The van der Waals surface area contributed by atoms with Gasteiger partial charge in [-0.15, -0.1) is 0 Å². The van der Waals surface area contributed by atoms with Gasteiger partial charge >= 0.3 is 0 Å². The van der Waals surface area contributed by atoms with Crippen molar-refractivity contribution in [1.29, 1.82) is 0 Å². The van der Waals surface area contributed by atoms with E-state index in [1.807, 2.05) is 12.3 Å². The van der Waals surface area contributed by atoms with Crippen LogP contribution in [0.4, 0.5) is 5.69 Å². The molecule has 3 heteroatoms. The van der Waals surface area contributed by atoms with Gasteiger partial charge in [-0.25, -0.2) is 0 Å². The number of benzene rings is 1. The molecule has 0 aliphatic rings. The van der Waals surface area contributed by atoms with E-state index in [2.05, 4.69) is 65.2 Å². The van der Waals surface area contributed by atoms with E-state index in [1.165, 1.54) is 16.6 Å². The lowest BCUT2D eigenvalue weighted by atomic mass is 10.1. The molecule has 21 heavy (non-hydrogen) atoms. The Morgan fingerprint density at radius 2 is 2.05 bits per heavy atom. The summed E-state index contributed by atoms with van der Waals surface area (Å²) in [5.41, 5.74) is 4.75. The summed E-state index contributed by atoms with van der Waals surface area (Å²) >= 11 is 0. The van der Waals surface area contributed by atoms with Crippen molar-refractivity contribution in [3.63, 3.8) is 0 Å². The molecule has 0 saturated heterocycles. The highest BCUT2D eigenvalue weighted by atomic mass is 15.0. The molecule has 0 aliphatic carbocycles.